The lowest BCUT2D eigenvalue weighted by Gasteiger charge is -2.11. The molecule has 2 aromatic carbocycles. The van der Waals surface area contributed by atoms with Crippen LogP contribution in [-0.4, -0.2) is 42.1 Å². The summed E-state index contributed by atoms with van der Waals surface area (Å²) in [7, 11) is 2.94. The number of nitrogens with zero attached hydrogens (tertiary/aromatic N) is 2. The van der Waals surface area contributed by atoms with Crippen molar-refractivity contribution in [3.63, 3.8) is 0 Å². The zero-order chi connectivity index (χ0) is 21.8. The minimum atomic E-state index is -0.666. The third-order valence-electron chi connectivity index (χ3n) is 4.70. The second-order valence-corrected chi connectivity index (χ2v) is 6.52. The normalized spacial score (nSPS) is 10.7. The first-order valence-corrected chi connectivity index (χ1v) is 9.33. The van der Waals surface area contributed by atoms with Crippen LogP contribution in [0.15, 0.2) is 41.2 Å². The summed E-state index contributed by atoms with van der Waals surface area (Å²) in [6.07, 6.45) is 0. The second-order valence-electron chi connectivity index (χ2n) is 6.52. The SMILES string of the molecule is CCn1c(=O)c(C)nc2cc(C(=O)OCC(=O)c3cc(OC)ccc3OC)ccc21. The van der Waals surface area contributed by atoms with Gasteiger partial charge in [-0.25, -0.2) is 9.78 Å². The van der Waals surface area contributed by atoms with Gasteiger partial charge in [0.15, 0.2) is 6.61 Å². The summed E-state index contributed by atoms with van der Waals surface area (Å²) >= 11 is 0. The highest BCUT2D eigenvalue weighted by Crippen LogP contribution is 2.24. The molecular weight excluding hydrogens is 388 g/mol. The molecule has 0 saturated heterocycles. The van der Waals surface area contributed by atoms with Crippen molar-refractivity contribution in [3.8, 4) is 11.5 Å². The number of hydrogen-bond donors (Lipinski definition) is 0. The zero-order valence-corrected chi connectivity index (χ0v) is 17.2. The predicted octanol–water partition coefficient (Wildman–Crippen LogP) is 2.78. The largest absolute Gasteiger partial charge is 0.497 e. The van der Waals surface area contributed by atoms with Crippen molar-refractivity contribution in [1.29, 1.82) is 0 Å². The van der Waals surface area contributed by atoms with E-state index in [1.165, 1.54) is 20.3 Å². The number of carbonyl (C=O) groups is 2. The molecule has 0 unspecified atom stereocenters. The Morgan fingerprint density at radius 2 is 1.83 bits per heavy atom. The summed E-state index contributed by atoms with van der Waals surface area (Å²) in [5.41, 5.74) is 1.80. The van der Waals surface area contributed by atoms with E-state index < -0.39 is 18.4 Å². The van der Waals surface area contributed by atoms with E-state index in [-0.39, 0.29) is 16.7 Å². The number of carbonyl (C=O) groups excluding carboxylic acids is 2. The predicted molar refractivity (Wildman–Crippen MR) is 111 cm³/mol. The summed E-state index contributed by atoms with van der Waals surface area (Å²) in [5.74, 6) is -0.238. The van der Waals surface area contributed by atoms with E-state index in [1.54, 1.807) is 41.8 Å². The molecule has 0 aliphatic carbocycles. The smallest absolute Gasteiger partial charge is 0.338 e. The molecule has 0 radical (unpaired) electrons. The Morgan fingerprint density at radius 3 is 2.50 bits per heavy atom. The average Bonchev–Trinajstić information content (AvgIpc) is 2.77. The number of aryl methyl sites for hydroxylation is 2. The van der Waals surface area contributed by atoms with Gasteiger partial charge in [-0.15, -0.1) is 0 Å². The van der Waals surface area contributed by atoms with E-state index >= 15 is 0 Å². The van der Waals surface area contributed by atoms with Crippen LogP contribution in [-0.2, 0) is 11.3 Å². The van der Waals surface area contributed by atoms with Gasteiger partial charge in [-0.05, 0) is 50.2 Å². The van der Waals surface area contributed by atoms with Crippen LogP contribution in [0.4, 0.5) is 0 Å². The fraction of sp³-hybridized carbons (Fsp3) is 0.273. The number of ketones is 1. The lowest BCUT2D eigenvalue weighted by atomic mass is 10.1. The Balaban J connectivity index is 1.81. The molecule has 0 saturated carbocycles. The molecule has 30 heavy (non-hydrogen) atoms. The van der Waals surface area contributed by atoms with Crippen LogP contribution in [0.3, 0.4) is 0 Å². The molecule has 8 nitrogen and oxygen atoms in total. The Hall–Kier alpha value is -3.68. The lowest BCUT2D eigenvalue weighted by Crippen LogP contribution is -2.23. The first-order valence-electron chi connectivity index (χ1n) is 9.33. The van der Waals surface area contributed by atoms with Crippen molar-refractivity contribution in [2.24, 2.45) is 0 Å². The van der Waals surface area contributed by atoms with E-state index in [0.29, 0.717) is 34.8 Å². The van der Waals surface area contributed by atoms with Gasteiger partial charge in [-0.1, -0.05) is 0 Å². The first kappa shape index (κ1) is 21.0. The quantitative estimate of drug-likeness (QED) is 0.436. The van der Waals surface area contributed by atoms with E-state index in [4.69, 9.17) is 14.2 Å². The molecule has 0 amide bonds. The molecule has 0 fully saturated rings. The molecule has 0 atom stereocenters. The average molecular weight is 410 g/mol. The van der Waals surface area contributed by atoms with Crippen LogP contribution >= 0.6 is 0 Å². The van der Waals surface area contributed by atoms with Crippen molar-refractivity contribution >= 4 is 22.8 Å². The minimum Gasteiger partial charge on any atom is -0.497 e. The van der Waals surface area contributed by atoms with Crippen molar-refractivity contribution in [2.45, 2.75) is 20.4 Å². The maximum absolute atomic E-state index is 12.5. The molecule has 0 N–H and O–H groups in total. The highest BCUT2D eigenvalue weighted by molar-refractivity contribution is 6.02. The number of fused-ring (bicyclic) bond motifs is 1. The van der Waals surface area contributed by atoms with E-state index in [1.807, 2.05) is 6.92 Å². The highest BCUT2D eigenvalue weighted by Gasteiger charge is 2.17. The van der Waals surface area contributed by atoms with E-state index in [9.17, 15) is 14.4 Å². The standard InChI is InChI=1S/C22H22N2O6/c1-5-24-18-8-6-14(10-17(18)23-13(2)21(24)26)22(27)30-12-19(25)16-11-15(28-3)7-9-20(16)29-4/h6-11H,5,12H2,1-4H3. The molecule has 8 heteroatoms. The fourth-order valence-electron chi connectivity index (χ4n) is 3.14. The number of rotatable bonds is 7. The molecule has 3 aromatic rings. The van der Waals surface area contributed by atoms with Crippen LogP contribution in [0.5, 0.6) is 11.5 Å². The van der Waals surface area contributed by atoms with Crippen molar-refractivity contribution < 1.29 is 23.8 Å². The van der Waals surface area contributed by atoms with Gasteiger partial charge in [-0.3, -0.25) is 9.59 Å². The molecule has 0 aliphatic rings. The van der Waals surface area contributed by atoms with Crippen LogP contribution in [0.2, 0.25) is 0 Å². The Kier molecular flexibility index (Phi) is 6.15. The monoisotopic (exact) mass is 410 g/mol. The lowest BCUT2D eigenvalue weighted by molar-refractivity contribution is 0.0474. The zero-order valence-electron chi connectivity index (χ0n) is 17.2. The van der Waals surface area contributed by atoms with Crippen LogP contribution in [0.25, 0.3) is 11.0 Å². The summed E-state index contributed by atoms with van der Waals surface area (Å²) in [6.45, 7) is 3.51. The van der Waals surface area contributed by atoms with E-state index in [2.05, 4.69) is 4.98 Å². The van der Waals surface area contributed by atoms with Crippen LogP contribution in [0, 0.1) is 6.92 Å². The van der Waals surface area contributed by atoms with Crippen molar-refractivity contribution in [1.82, 2.24) is 9.55 Å². The number of esters is 1. The fourth-order valence-corrected chi connectivity index (χ4v) is 3.14. The number of Topliss-reactive ketones (excluding diaryl/α,β-unsaturated/α-hetero) is 1. The summed E-state index contributed by atoms with van der Waals surface area (Å²) in [4.78, 5) is 41.5. The van der Waals surface area contributed by atoms with E-state index in [0.717, 1.165) is 0 Å². The number of methoxy groups -OCH3 is 2. The summed E-state index contributed by atoms with van der Waals surface area (Å²) in [6, 6.07) is 9.55. The molecule has 1 heterocycles. The highest BCUT2D eigenvalue weighted by atomic mass is 16.5. The molecule has 0 bridgehead atoms. The Labute approximate surface area is 173 Å². The third-order valence-corrected chi connectivity index (χ3v) is 4.70. The van der Waals surface area contributed by atoms with Crippen LogP contribution < -0.4 is 15.0 Å². The topological polar surface area (TPSA) is 96.7 Å². The Bertz CT molecular complexity index is 1180. The molecule has 1 aromatic heterocycles. The number of ether oxygens (including phenoxy) is 3. The van der Waals surface area contributed by atoms with Gasteiger partial charge in [0.05, 0.1) is 36.4 Å². The number of hydrogen-bond acceptors (Lipinski definition) is 7. The van der Waals surface area contributed by atoms with Gasteiger partial charge in [0.2, 0.25) is 5.78 Å². The summed E-state index contributed by atoms with van der Waals surface area (Å²) < 4.78 is 17.1. The van der Waals surface area contributed by atoms with Gasteiger partial charge in [0.25, 0.3) is 5.56 Å². The maximum Gasteiger partial charge on any atom is 0.338 e. The van der Waals surface area contributed by atoms with Crippen LogP contribution in [0.1, 0.15) is 33.3 Å². The molecular formula is C22H22N2O6. The third kappa shape index (κ3) is 4.03. The molecule has 0 spiro atoms. The maximum atomic E-state index is 12.5. The molecule has 156 valence electrons. The van der Waals surface area contributed by atoms with Gasteiger partial charge in [0.1, 0.15) is 17.2 Å². The second kappa shape index (κ2) is 8.77. The van der Waals surface area contributed by atoms with Gasteiger partial charge in [-0.2, -0.15) is 0 Å². The van der Waals surface area contributed by atoms with Crippen molar-refractivity contribution in [3.05, 3.63) is 63.6 Å². The van der Waals surface area contributed by atoms with Gasteiger partial charge in [0, 0.05) is 6.54 Å². The number of aromatic nitrogens is 2. The first-order chi connectivity index (χ1) is 14.4. The molecule has 3 rings (SSSR count). The van der Waals surface area contributed by atoms with Crippen molar-refractivity contribution in [2.75, 3.05) is 20.8 Å². The minimum absolute atomic E-state index is 0.168. The Morgan fingerprint density at radius 1 is 1.07 bits per heavy atom. The van der Waals surface area contributed by atoms with Gasteiger partial charge < -0.3 is 18.8 Å². The summed E-state index contributed by atoms with van der Waals surface area (Å²) in [5, 5.41) is 0. The number of benzene rings is 2. The van der Waals surface area contributed by atoms with Gasteiger partial charge >= 0.3 is 5.97 Å². The molecule has 0 aliphatic heterocycles.